The summed E-state index contributed by atoms with van der Waals surface area (Å²) in [5.41, 5.74) is -0.319. The van der Waals surface area contributed by atoms with E-state index in [2.05, 4.69) is 10.1 Å². The van der Waals surface area contributed by atoms with Crippen molar-refractivity contribution < 1.29 is 26.9 Å². The van der Waals surface area contributed by atoms with Crippen LogP contribution in [0.25, 0.3) is 0 Å². The smallest absolute Gasteiger partial charge is 0.374 e. The number of rotatable bonds is 4. The fourth-order valence-electron chi connectivity index (χ4n) is 1.40. The minimum Gasteiger partial charge on any atom is -0.451 e. The van der Waals surface area contributed by atoms with Crippen LogP contribution < -0.4 is 5.14 Å². The van der Waals surface area contributed by atoms with Crippen LogP contribution in [0.2, 0.25) is 0 Å². The second-order valence-electron chi connectivity index (χ2n) is 5.51. The van der Waals surface area contributed by atoms with Crippen LogP contribution in [0.1, 0.15) is 43.0 Å². The first-order valence-corrected chi connectivity index (χ1v) is 7.75. The molecule has 0 atom stereocenters. The average molecular weight is 329 g/mol. The van der Waals surface area contributed by atoms with Gasteiger partial charge in [0.1, 0.15) is 0 Å². The molecule has 0 aliphatic heterocycles. The van der Waals surface area contributed by atoms with E-state index in [1.807, 2.05) is 20.8 Å². The molecule has 0 unspecified atom stereocenters. The van der Waals surface area contributed by atoms with Crippen molar-refractivity contribution in [3.05, 3.63) is 29.6 Å². The van der Waals surface area contributed by atoms with Gasteiger partial charge in [0.05, 0.1) is 0 Å². The maximum absolute atomic E-state index is 11.7. The number of carbonyl (C=O) groups excluding carboxylic acids is 1. The van der Waals surface area contributed by atoms with Crippen molar-refractivity contribution in [1.29, 1.82) is 0 Å². The Kier molecular flexibility index (Phi) is 4.07. The quantitative estimate of drug-likeness (QED) is 0.818. The lowest BCUT2D eigenvalue weighted by Gasteiger charge is -2.10. The molecular formula is C12H15N3O6S. The molecule has 2 aromatic rings. The third-order valence-corrected chi connectivity index (χ3v) is 3.29. The van der Waals surface area contributed by atoms with E-state index in [-0.39, 0.29) is 23.6 Å². The van der Waals surface area contributed by atoms with Gasteiger partial charge in [0.15, 0.2) is 6.61 Å². The summed E-state index contributed by atoms with van der Waals surface area (Å²) < 4.78 is 36.9. The largest absolute Gasteiger partial charge is 0.451 e. The summed E-state index contributed by atoms with van der Waals surface area (Å²) in [6.07, 6.45) is 0. The van der Waals surface area contributed by atoms with E-state index in [1.54, 1.807) is 0 Å². The Labute approximate surface area is 126 Å². The molecule has 2 rings (SSSR count). The summed E-state index contributed by atoms with van der Waals surface area (Å²) in [6.45, 7) is 5.46. The zero-order valence-corrected chi connectivity index (χ0v) is 13.0. The first-order chi connectivity index (χ1) is 10.1. The SMILES string of the molecule is CC(C)(C)c1nc(COC(=O)c2ccc(S(N)(=O)=O)o2)no1. The highest BCUT2D eigenvalue weighted by Crippen LogP contribution is 2.20. The molecule has 0 saturated carbocycles. The number of esters is 1. The topological polar surface area (TPSA) is 139 Å². The Morgan fingerprint density at radius 1 is 1.36 bits per heavy atom. The van der Waals surface area contributed by atoms with E-state index >= 15 is 0 Å². The van der Waals surface area contributed by atoms with Gasteiger partial charge in [-0.3, -0.25) is 0 Å². The van der Waals surface area contributed by atoms with Crippen molar-refractivity contribution in [1.82, 2.24) is 10.1 Å². The summed E-state index contributed by atoms with van der Waals surface area (Å²) in [5.74, 6) is -0.551. The zero-order valence-electron chi connectivity index (χ0n) is 12.2. The number of hydrogen-bond acceptors (Lipinski definition) is 8. The molecule has 0 aromatic carbocycles. The number of aromatic nitrogens is 2. The molecule has 0 amide bonds. The highest BCUT2D eigenvalue weighted by molar-refractivity contribution is 7.89. The van der Waals surface area contributed by atoms with E-state index in [9.17, 15) is 13.2 Å². The van der Waals surface area contributed by atoms with Gasteiger partial charge in [0.25, 0.3) is 10.0 Å². The highest BCUT2D eigenvalue weighted by Gasteiger charge is 2.23. The molecule has 120 valence electrons. The second-order valence-corrected chi connectivity index (χ2v) is 7.00. The Morgan fingerprint density at radius 2 is 2.05 bits per heavy atom. The molecule has 10 heteroatoms. The van der Waals surface area contributed by atoms with Crippen LogP contribution in [-0.4, -0.2) is 24.5 Å². The maximum Gasteiger partial charge on any atom is 0.374 e. The van der Waals surface area contributed by atoms with Gasteiger partial charge >= 0.3 is 5.97 Å². The van der Waals surface area contributed by atoms with Crippen LogP contribution in [-0.2, 0) is 26.8 Å². The first-order valence-electron chi connectivity index (χ1n) is 6.20. The molecular weight excluding hydrogens is 314 g/mol. The number of nitrogens with zero attached hydrogens (tertiary/aromatic N) is 2. The van der Waals surface area contributed by atoms with Crippen molar-refractivity contribution in [2.75, 3.05) is 0 Å². The van der Waals surface area contributed by atoms with E-state index in [4.69, 9.17) is 18.8 Å². The molecule has 0 bridgehead atoms. The maximum atomic E-state index is 11.7. The lowest BCUT2D eigenvalue weighted by Crippen LogP contribution is -2.12. The highest BCUT2D eigenvalue weighted by atomic mass is 32.2. The molecule has 0 spiro atoms. The predicted molar refractivity (Wildman–Crippen MR) is 72.2 cm³/mol. The van der Waals surface area contributed by atoms with Gasteiger partial charge < -0.3 is 13.7 Å². The van der Waals surface area contributed by atoms with Crippen molar-refractivity contribution >= 4 is 16.0 Å². The van der Waals surface area contributed by atoms with Gasteiger partial charge in [0.2, 0.25) is 22.6 Å². The second kappa shape index (κ2) is 5.54. The third kappa shape index (κ3) is 3.71. The molecule has 0 radical (unpaired) electrons. The number of primary sulfonamides is 1. The van der Waals surface area contributed by atoms with Gasteiger partial charge in [-0.05, 0) is 12.1 Å². The summed E-state index contributed by atoms with van der Waals surface area (Å²) in [4.78, 5) is 15.8. The number of ether oxygens (including phenoxy) is 1. The lowest BCUT2D eigenvalue weighted by atomic mass is 9.97. The monoisotopic (exact) mass is 329 g/mol. The number of furan rings is 1. The van der Waals surface area contributed by atoms with E-state index < -0.39 is 21.1 Å². The number of sulfonamides is 1. The van der Waals surface area contributed by atoms with Crippen molar-refractivity contribution in [3.63, 3.8) is 0 Å². The molecule has 0 aliphatic carbocycles. The van der Waals surface area contributed by atoms with Gasteiger partial charge in [-0.25, -0.2) is 18.4 Å². The summed E-state index contributed by atoms with van der Waals surface area (Å²) in [6, 6.07) is 2.22. The molecule has 2 N–H and O–H groups in total. The van der Waals surface area contributed by atoms with Crippen LogP contribution in [0, 0.1) is 0 Å². The van der Waals surface area contributed by atoms with Gasteiger partial charge in [-0.1, -0.05) is 25.9 Å². The van der Waals surface area contributed by atoms with Crippen LogP contribution in [0.5, 0.6) is 0 Å². The minimum absolute atomic E-state index is 0.191. The predicted octanol–water partition coefficient (Wildman–Crippen LogP) is 0.964. The molecule has 22 heavy (non-hydrogen) atoms. The molecule has 0 fully saturated rings. The van der Waals surface area contributed by atoms with Crippen LogP contribution >= 0.6 is 0 Å². The van der Waals surface area contributed by atoms with Gasteiger partial charge in [0, 0.05) is 5.41 Å². The minimum atomic E-state index is -4.01. The Bertz CT molecular complexity index is 784. The van der Waals surface area contributed by atoms with E-state index in [1.165, 1.54) is 0 Å². The summed E-state index contributed by atoms with van der Waals surface area (Å²) in [5, 5.41) is 8.04. The first kappa shape index (κ1) is 16.2. The Morgan fingerprint density at radius 3 is 2.55 bits per heavy atom. The van der Waals surface area contributed by atoms with Crippen molar-refractivity contribution in [2.45, 2.75) is 37.9 Å². The summed E-state index contributed by atoms with van der Waals surface area (Å²) in [7, 11) is -4.01. The fourth-order valence-corrected chi connectivity index (χ4v) is 1.86. The third-order valence-electron chi connectivity index (χ3n) is 2.50. The van der Waals surface area contributed by atoms with Crippen molar-refractivity contribution in [2.24, 2.45) is 5.14 Å². The fraction of sp³-hybridized carbons (Fsp3) is 0.417. The number of nitrogens with two attached hydrogens (primary N) is 1. The van der Waals surface area contributed by atoms with Crippen molar-refractivity contribution in [3.8, 4) is 0 Å². The van der Waals surface area contributed by atoms with E-state index in [0.29, 0.717) is 5.89 Å². The van der Waals surface area contributed by atoms with Crippen LogP contribution in [0.15, 0.2) is 26.2 Å². The molecule has 2 heterocycles. The lowest BCUT2D eigenvalue weighted by molar-refractivity contribution is 0.0417. The van der Waals surface area contributed by atoms with Crippen LogP contribution in [0.3, 0.4) is 0 Å². The van der Waals surface area contributed by atoms with Gasteiger partial charge in [-0.2, -0.15) is 4.98 Å². The van der Waals surface area contributed by atoms with Gasteiger partial charge in [-0.15, -0.1) is 0 Å². The Balaban J connectivity index is 2.01. The molecule has 2 aromatic heterocycles. The normalized spacial score (nSPS) is 12.4. The standard InChI is InChI=1S/C12H15N3O6S/c1-12(2,3)11-14-8(15-21-11)6-19-10(16)7-4-5-9(20-7)22(13,17)18/h4-5H,6H2,1-3H3,(H2,13,17,18). The average Bonchev–Trinajstić information content (AvgIpc) is 3.03. The molecule has 9 nitrogen and oxygen atoms in total. The Hall–Kier alpha value is -2.20. The molecule has 0 aliphatic rings. The number of carbonyl (C=O) groups is 1. The van der Waals surface area contributed by atoms with Crippen LogP contribution in [0.4, 0.5) is 0 Å². The zero-order chi connectivity index (χ0) is 16.5. The molecule has 0 saturated heterocycles. The number of hydrogen-bond donors (Lipinski definition) is 1. The summed E-state index contributed by atoms with van der Waals surface area (Å²) >= 11 is 0. The van der Waals surface area contributed by atoms with E-state index in [0.717, 1.165) is 12.1 Å².